The van der Waals surface area contributed by atoms with E-state index in [0.29, 0.717) is 0 Å². The molecule has 2 aromatic heterocycles. The normalized spacial score (nSPS) is 14.2. The number of thiophene rings is 1. The van der Waals surface area contributed by atoms with Crippen molar-refractivity contribution in [2.75, 3.05) is 12.3 Å². The Morgan fingerprint density at radius 3 is 2.77 bits per heavy atom. The molecule has 0 bridgehead atoms. The van der Waals surface area contributed by atoms with E-state index < -0.39 is 0 Å². The predicted molar refractivity (Wildman–Crippen MR) is 104 cm³/mol. The highest BCUT2D eigenvalue weighted by molar-refractivity contribution is 7.14. The van der Waals surface area contributed by atoms with Gasteiger partial charge in [0.25, 0.3) is 0 Å². The molecule has 26 heavy (non-hydrogen) atoms. The molecule has 0 saturated carbocycles. The number of fused-ring (bicyclic) bond motifs is 1. The number of nitrogens with two attached hydrogens (primary N) is 1. The van der Waals surface area contributed by atoms with Gasteiger partial charge in [0.15, 0.2) is 11.6 Å². The number of Topliss-reactive ketones (excluding diaryl/α,β-unsaturated/α-hetero) is 1. The molecule has 1 aliphatic heterocycles. The minimum Gasteiger partial charge on any atom is -0.399 e. The number of carbonyl (C=O) groups is 1. The summed E-state index contributed by atoms with van der Waals surface area (Å²) in [4.78, 5) is 25.2. The largest absolute Gasteiger partial charge is 0.399 e. The van der Waals surface area contributed by atoms with Gasteiger partial charge in [-0.15, -0.1) is 11.3 Å². The third kappa shape index (κ3) is 3.52. The average Bonchev–Trinajstić information content (AvgIpc) is 3.11. The van der Waals surface area contributed by atoms with E-state index in [-0.39, 0.29) is 5.78 Å². The smallest absolute Gasteiger partial charge is 0.169 e. The molecule has 0 spiro atoms. The number of nitrogen functional groups attached to an aromatic ring is 1. The topological polar surface area (TPSA) is 72.1 Å². The van der Waals surface area contributed by atoms with E-state index in [2.05, 4.69) is 16.0 Å². The highest BCUT2D eigenvalue weighted by Crippen LogP contribution is 2.24. The fourth-order valence-electron chi connectivity index (χ4n) is 3.15. The van der Waals surface area contributed by atoms with Gasteiger partial charge in [0.2, 0.25) is 0 Å². The number of nitrogens with zero attached hydrogens (tertiary/aromatic N) is 3. The summed E-state index contributed by atoms with van der Waals surface area (Å²) in [6.45, 7) is 4.27. The van der Waals surface area contributed by atoms with E-state index in [1.54, 1.807) is 18.3 Å². The van der Waals surface area contributed by atoms with Crippen LogP contribution in [-0.2, 0) is 19.5 Å². The molecular formula is C20H20N4OS. The van der Waals surface area contributed by atoms with Crippen LogP contribution < -0.4 is 5.73 Å². The maximum atomic E-state index is 11.5. The Kier molecular flexibility index (Phi) is 4.53. The van der Waals surface area contributed by atoms with Crippen LogP contribution in [0.15, 0.2) is 42.6 Å². The molecule has 6 heteroatoms. The van der Waals surface area contributed by atoms with Crippen molar-refractivity contribution in [2.24, 2.45) is 0 Å². The first kappa shape index (κ1) is 16.9. The number of benzene rings is 1. The van der Waals surface area contributed by atoms with Crippen molar-refractivity contribution < 1.29 is 4.79 Å². The van der Waals surface area contributed by atoms with Crippen molar-refractivity contribution in [3.63, 3.8) is 0 Å². The molecule has 1 aliphatic rings. The Morgan fingerprint density at radius 2 is 2.04 bits per heavy atom. The van der Waals surface area contributed by atoms with Crippen molar-refractivity contribution >= 4 is 22.8 Å². The Bertz CT molecular complexity index is 949. The maximum Gasteiger partial charge on any atom is 0.169 e. The van der Waals surface area contributed by atoms with Crippen LogP contribution in [0.25, 0.3) is 11.4 Å². The molecule has 5 nitrogen and oxygen atoms in total. The molecule has 132 valence electrons. The van der Waals surface area contributed by atoms with Gasteiger partial charge in [-0.25, -0.2) is 9.97 Å². The van der Waals surface area contributed by atoms with Crippen LogP contribution >= 0.6 is 11.3 Å². The van der Waals surface area contributed by atoms with Crippen molar-refractivity contribution in [1.82, 2.24) is 14.9 Å². The van der Waals surface area contributed by atoms with Crippen LogP contribution in [0.2, 0.25) is 0 Å². The Hall–Kier alpha value is -2.57. The van der Waals surface area contributed by atoms with Crippen molar-refractivity contribution in [3.05, 3.63) is 63.6 Å². The first-order valence-corrected chi connectivity index (χ1v) is 9.43. The fraction of sp³-hybridized carbons (Fsp3) is 0.250. The second-order valence-electron chi connectivity index (χ2n) is 6.57. The number of carbonyl (C=O) groups excluding carboxylic acids is 1. The molecule has 2 N–H and O–H groups in total. The van der Waals surface area contributed by atoms with Gasteiger partial charge in [0, 0.05) is 53.9 Å². The van der Waals surface area contributed by atoms with Gasteiger partial charge in [-0.2, -0.15) is 0 Å². The summed E-state index contributed by atoms with van der Waals surface area (Å²) < 4.78 is 0. The number of ketones is 1. The molecule has 4 rings (SSSR count). The van der Waals surface area contributed by atoms with Crippen molar-refractivity contribution in [2.45, 2.75) is 26.4 Å². The van der Waals surface area contributed by atoms with Crippen LogP contribution in [-0.4, -0.2) is 27.2 Å². The van der Waals surface area contributed by atoms with E-state index in [1.807, 2.05) is 36.5 Å². The molecule has 3 heterocycles. The first-order chi connectivity index (χ1) is 12.6. The summed E-state index contributed by atoms with van der Waals surface area (Å²) in [6, 6.07) is 11.6. The van der Waals surface area contributed by atoms with Crippen molar-refractivity contribution in [1.29, 1.82) is 0 Å². The van der Waals surface area contributed by atoms with Crippen molar-refractivity contribution in [3.8, 4) is 11.4 Å². The van der Waals surface area contributed by atoms with Crippen LogP contribution in [0.5, 0.6) is 0 Å². The number of aromatic nitrogens is 2. The highest BCUT2D eigenvalue weighted by atomic mass is 32.1. The Morgan fingerprint density at radius 1 is 1.23 bits per heavy atom. The zero-order valence-electron chi connectivity index (χ0n) is 14.6. The molecule has 1 aromatic carbocycles. The molecule has 0 atom stereocenters. The summed E-state index contributed by atoms with van der Waals surface area (Å²) in [6.07, 6.45) is 2.85. The van der Waals surface area contributed by atoms with Gasteiger partial charge in [0.05, 0.1) is 10.6 Å². The SMILES string of the molecule is CC(=O)c1ccc(CN2CCc3nc(-c4ccc(N)cc4)ncc3C2)s1. The molecule has 3 aromatic rings. The molecule has 0 radical (unpaired) electrons. The lowest BCUT2D eigenvalue weighted by molar-refractivity contribution is 0.102. The van der Waals surface area contributed by atoms with Crippen LogP contribution in [0.4, 0.5) is 5.69 Å². The highest BCUT2D eigenvalue weighted by Gasteiger charge is 2.19. The zero-order chi connectivity index (χ0) is 18.1. The zero-order valence-corrected chi connectivity index (χ0v) is 15.4. The molecule has 0 unspecified atom stereocenters. The summed E-state index contributed by atoms with van der Waals surface area (Å²) >= 11 is 1.58. The predicted octanol–water partition coefficient (Wildman–Crippen LogP) is 3.55. The quantitative estimate of drug-likeness (QED) is 0.566. The maximum absolute atomic E-state index is 11.5. The van der Waals surface area contributed by atoms with E-state index in [0.717, 1.165) is 53.7 Å². The second-order valence-corrected chi connectivity index (χ2v) is 7.74. The molecular weight excluding hydrogens is 344 g/mol. The first-order valence-electron chi connectivity index (χ1n) is 8.61. The molecule has 0 amide bonds. The Labute approximate surface area is 156 Å². The number of hydrogen-bond acceptors (Lipinski definition) is 6. The minimum absolute atomic E-state index is 0.133. The van der Waals surface area contributed by atoms with Gasteiger partial charge in [0.1, 0.15) is 0 Å². The van der Waals surface area contributed by atoms with E-state index in [4.69, 9.17) is 10.7 Å². The summed E-state index contributed by atoms with van der Waals surface area (Å²) in [5.74, 6) is 0.885. The minimum atomic E-state index is 0.133. The fourth-order valence-corrected chi connectivity index (χ4v) is 4.10. The standard InChI is InChI=1S/C20H20N4OS/c1-13(25)19-7-6-17(26-19)12-24-9-8-18-15(11-24)10-22-20(23-18)14-2-4-16(21)5-3-14/h2-7,10H,8-9,11-12,21H2,1H3. The Balaban J connectivity index is 1.48. The summed E-state index contributed by atoms with van der Waals surface area (Å²) in [5, 5.41) is 0. The number of hydrogen-bond donors (Lipinski definition) is 1. The molecule has 0 aliphatic carbocycles. The van der Waals surface area contributed by atoms with Crippen LogP contribution in [0.3, 0.4) is 0 Å². The van der Waals surface area contributed by atoms with E-state index >= 15 is 0 Å². The lowest BCUT2D eigenvalue weighted by Crippen LogP contribution is -2.30. The third-order valence-corrected chi connectivity index (χ3v) is 5.74. The molecule has 0 fully saturated rings. The van der Waals surface area contributed by atoms with Gasteiger partial charge in [-0.1, -0.05) is 0 Å². The second kappa shape index (κ2) is 6.97. The third-order valence-electron chi connectivity index (χ3n) is 4.57. The number of rotatable bonds is 4. The average molecular weight is 364 g/mol. The van der Waals surface area contributed by atoms with Gasteiger partial charge in [-0.3, -0.25) is 9.69 Å². The van der Waals surface area contributed by atoms with Crippen LogP contribution in [0.1, 0.15) is 32.7 Å². The monoisotopic (exact) mass is 364 g/mol. The molecule has 0 saturated heterocycles. The van der Waals surface area contributed by atoms with E-state index in [1.165, 1.54) is 10.4 Å². The van der Waals surface area contributed by atoms with Gasteiger partial charge < -0.3 is 5.73 Å². The lowest BCUT2D eigenvalue weighted by Gasteiger charge is -2.27. The number of anilines is 1. The lowest BCUT2D eigenvalue weighted by atomic mass is 10.1. The summed E-state index contributed by atoms with van der Waals surface area (Å²) in [5.41, 5.74) is 9.78. The van der Waals surface area contributed by atoms with Crippen LogP contribution in [0, 0.1) is 0 Å². The summed E-state index contributed by atoms with van der Waals surface area (Å²) in [7, 11) is 0. The van der Waals surface area contributed by atoms with Gasteiger partial charge >= 0.3 is 0 Å². The van der Waals surface area contributed by atoms with Gasteiger partial charge in [-0.05, 0) is 43.3 Å². The van der Waals surface area contributed by atoms with E-state index in [9.17, 15) is 4.79 Å².